The van der Waals surface area contributed by atoms with Crippen LogP contribution in [0.4, 0.5) is 4.39 Å². The number of fused-ring (bicyclic) bond motifs is 2. The molecule has 0 saturated carbocycles. The maximum Gasteiger partial charge on any atom is 0.171 e. The standard InChI is InChI=1S/C19H17FN2OS/c1-23-14-7-5-11-6-8-15-17(12-3-2-4-13(20)9-12)21-19(24)22-18(15)16(11)10-14/h2-5,7,9-10,17H,6,8H2,1H3,(H2,21,22,24). The molecule has 5 heteroatoms. The Hall–Kier alpha value is -2.40. The van der Waals surface area contributed by atoms with Crippen molar-refractivity contribution in [2.24, 2.45) is 0 Å². The van der Waals surface area contributed by atoms with Gasteiger partial charge in [-0.15, -0.1) is 0 Å². The normalized spacial score (nSPS) is 19.1. The molecule has 0 saturated heterocycles. The highest BCUT2D eigenvalue weighted by Gasteiger charge is 2.31. The molecule has 0 aromatic heterocycles. The number of ether oxygens (including phenoxy) is 1. The van der Waals surface area contributed by atoms with Crippen LogP contribution in [0.2, 0.25) is 0 Å². The SMILES string of the molecule is COc1ccc2c(c1)C1=C(CC2)C(c2cccc(F)c2)NC(=S)N1. The molecule has 3 nitrogen and oxygen atoms in total. The van der Waals surface area contributed by atoms with Crippen molar-refractivity contribution >= 4 is 23.0 Å². The first-order valence-electron chi connectivity index (χ1n) is 7.89. The summed E-state index contributed by atoms with van der Waals surface area (Å²) >= 11 is 5.39. The zero-order chi connectivity index (χ0) is 16.7. The van der Waals surface area contributed by atoms with E-state index in [1.165, 1.54) is 17.2 Å². The van der Waals surface area contributed by atoms with Gasteiger partial charge in [0.25, 0.3) is 0 Å². The van der Waals surface area contributed by atoms with E-state index in [-0.39, 0.29) is 11.9 Å². The van der Waals surface area contributed by atoms with Crippen molar-refractivity contribution in [3.63, 3.8) is 0 Å². The maximum atomic E-state index is 13.7. The van der Waals surface area contributed by atoms with Gasteiger partial charge >= 0.3 is 0 Å². The van der Waals surface area contributed by atoms with Crippen LogP contribution in [0.15, 0.2) is 48.0 Å². The summed E-state index contributed by atoms with van der Waals surface area (Å²) in [7, 11) is 1.66. The van der Waals surface area contributed by atoms with Crippen LogP contribution in [0.25, 0.3) is 5.70 Å². The molecule has 1 atom stereocenters. The fourth-order valence-corrected chi connectivity index (χ4v) is 3.70. The van der Waals surface area contributed by atoms with E-state index in [9.17, 15) is 4.39 Å². The quantitative estimate of drug-likeness (QED) is 0.817. The van der Waals surface area contributed by atoms with Crippen molar-refractivity contribution in [3.8, 4) is 5.75 Å². The molecule has 1 aliphatic heterocycles. The van der Waals surface area contributed by atoms with Gasteiger partial charge in [0, 0.05) is 11.3 Å². The molecule has 0 spiro atoms. The molecule has 2 aromatic carbocycles. The molecule has 24 heavy (non-hydrogen) atoms. The smallest absolute Gasteiger partial charge is 0.171 e. The van der Waals surface area contributed by atoms with Crippen LogP contribution in [0.3, 0.4) is 0 Å². The van der Waals surface area contributed by atoms with Gasteiger partial charge in [0.15, 0.2) is 5.11 Å². The molecular weight excluding hydrogens is 323 g/mol. The molecule has 2 aliphatic rings. The van der Waals surface area contributed by atoms with Gasteiger partial charge < -0.3 is 15.4 Å². The number of rotatable bonds is 2. The second kappa shape index (κ2) is 5.91. The third-order valence-electron chi connectivity index (χ3n) is 4.62. The van der Waals surface area contributed by atoms with Gasteiger partial charge in [0.1, 0.15) is 11.6 Å². The van der Waals surface area contributed by atoms with E-state index in [0.717, 1.165) is 35.4 Å². The monoisotopic (exact) mass is 340 g/mol. The lowest BCUT2D eigenvalue weighted by Gasteiger charge is -2.36. The highest BCUT2D eigenvalue weighted by Crippen LogP contribution is 2.39. The van der Waals surface area contributed by atoms with Crippen molar-refractivity contribution in [1.82, 2.24) is 10.6 Å². The van der Waals surface area contributed by atoms with Gasteiger partial charge in [0.05, 0.1) is 13.2 Å². The Morgan fingerprint density at radius 1 is 1.17 bits per heavy atom. The van der Waals surface area contributed by atoms with Crippen LogP contribution >= 0.6 is 12.2 Å². The Balaban J connectivity index is 1.85. The van der Waals surface area contributed by atoms with Crippen LogP contribution in [-0.2, 0) is 6.42 Å². The Labute approximate surface area is 145 Å². The number of nitrogens with one attached hydrogen (secondary N) is 2. The fraction of sp³-hybridized carbons (Fsp3) is 0.211. The Morgan fingerprint density at radius 2 is 2.04 bits per heavy atom. The minimum atomic E-state index is -0.237. The molecule has 4 rings (SSSR count). The third-order valence-corrected chi connectivity index (χ3v) is 4.84. The van der Waals surface area contributed by atoms with Gasteiger partial charge in [-0.1, -0.05) is 18.2 Å². The molecule has 1 heterocycles. The Morgan fingerprint density at radius 3 is 2.83 bits per heavy atom. The molecule has 2 N–H and O–H groups in total. The van der Waals surface area contributed by atoms with E-state index in [2.05, 4.69) is 16.7 Å². The van der Waals surface area contributed by atoms with E-state index in [0.29, 0.717) is 5.11 Å². The molecule has 0 bridgehead atoms. The first-order chi connectivity index (χ1) is 11.7. The lowest BCUT2D eigenvalue weighted by molar-refractivity contribution is 0.414. The zero-order valence-corrected chi connectivity index (χ0v) is 14.0. The van der Waals surface area contributed by atoms with E-state index < -0.39 is 0 Å². The maximum absolute atomic E-state index is 13.7. The summed E-state index contributed by atoms with van der Waals surface area (Å²) in [5.74, 6) is 0.579. The first-order valence-corrected chi connectivity index (χ1v) is 8.30. The average molecular weight is 340 g/mol. The van der Waals surface area contributed by atoms with E-state index in [4.69, 9.17) is 17.0 Å². The van der Waals surface area contributed by atoms with Crippen LogP contribution in [0.1, 0.15) is 29.2 Å². The number of aryl methyl sites for hydroxylation is 1. The second-order valence-electron chi connectivity index (χ2n) is 6.01. The van der Waals surface area contributed by atoms with Crippen molar-refractivity contribution in [2.45, 2.75) is 18.9 Å². The molecule has 2 aromatic rings. The van der Waals surface area contributed by atoms with Gasteiger partial charge in [-0.05, 0) is 66.0 Å². The third kappa shape index (κ3) is 2.55. The van der Waals surface area contributed by atoms with Crippen LogP contribution in [-0.4, -0.2) is 12.2 Å². The van der Waals surface area contributed by atoms with E-state index in [1.54, 1.807) is 19.2 Å². The number of hydrogen-bond donors (Lipinski definition) is 2. The average Bonchev–Trinajstić information content (AvgIpc) is 2.60. The predicted octanol–water partition coefficient (Wildman–Crippen LogP) is 3.71. The van der Waals surface area contributed by atoms with Gasteiger partial charge in [-0.3, -0.25) is 0 Å². The van der Waals surface area contributed by atoms with Crippen molar-refractivity contribution in [3.05, 3.63) is 70.5 Å². The number of benzene rings is 2. The second-order valence-corrected chi connectivity index (χ2v) is 6.42. The van der Waals surface area contributed by atoms with Gasteiger partial charge in [-0.25, -0.2) is 4.39 Å². The largest absolute Gasteiger partial charge is 0.497 e. The number of hydrogen-bond acceptors (Lipinski definition) is 2. The summed E-state index contributed by atoms with van der Waals surface area (Å²) in [4.78, 5) is 0. The highest BCUT2D eigenvalue weighted by molar-refractivity contribution is 7.80. The Kier molecular flexibility index (Phi) is 3.73. The summed E-state index contributed by atoms with van der Waals surface area (Å²) < 4.78 is 19.0. The highest BCUT2D eigenvalue weighted by atomic mass is 32.1. The lowest BCUT2D eigenvalue weighted by Crippen LogP contribution is -2.44. The van der Waals surface area contributed by atoms with Crippen molar-refractivity contribution in [2.75, 3.05) is 7.11 Å². The number of methoxy groups -OCH3 is 1. The summed E-state index contributed by atoms with van der Waals surface area (Å²) in [5, 5.41) is 7.13. The molecule has 1 aliphatic carbocycles. The Bertz CT molecular complexity index is 862. The van der Waals surface area contributed by atoms with Crippen LogP contribution < -0.4 is 15.4 Å². The van der Waals surface area contributed by atoms with E-state index >= 15 is 0 Å². The van der Waals surface area contributed by atoms with Gasteiger partial charge in [-0.2, -0.15) is 0 Å². The molecule has 0 amide bonds. The van der Waals surface area contributed by atoms with Gasteiger partial charge in [0.2, 0.25) is 0 Å². The minimum absolute atomic E-state index is 0.108. The van der Waals surface area contributed by atoms with E-state index in [1.807, 2.05) is 18.2 Å². The van der Waals surface area contributed by atoms with Crippen LogP contribution in [0.5, 0.6) is 5.75 Å². The molecule has 1 unspecified atom stereocenters. The minimum Gasteiger partial charge on any atom is -0.497 e. The summed E-state index contributed by atoms with van der Waals surface area (Å²) in [6, 6.07) is 12.7. The summed E-state index contributed by atoms with van der Waals surface area (Å²) in [6.07, 6.45) is 1.85. The van der Waals surface area contributed by atoms with Crippen molar-refractivity contribution < 1.29 is 9.13 Å². The van der Waals surface area contributed by atoms with Crippen molar-refractivity contribution in [1.29, 1.82) is 0 Å². The topological polar surface area (TPSA) is 33.3 Å². The molecule has 0 fully saturated rings. The summed E-state index contributed by atoms with van der Waals surface area (Å²) in [6.45, 7) is 0. The first kappa shape index (κ1) is 15.1. The number of thiocarbonyl (C=S) groups is 1. The molecule has 0 radical (unpaired) electrons. The zero-order valence-electron chi connectivity index (χ0n) is 13.2. The number of halogens is 1. The predicted molar refractivity (Wildman–Crippen MR) is 96.2 cm³/mol. The lowest BCUT2D eigenvalue weighted by atomic mass is 9.83. The summed E-state index contributed by atoms with van der Waals surface area (Å²) in [5.41, 5.74) is 5.49. The fourth-order valence-electron chi connectivity index (χ4n) is 3.48. The molecular formula is C19H17FN2OS. The van der Waals surface area contributed by atoms with Crippen LogP contribution in [0, 0.1) is 5.82 Å². The molecule has 122 valence electrons.